The van der Waals surface area contributed by atoms with E-state index in [4.69, 9.17) is 0 Å². The third-order valence-electron chi connectivity index (χ3n) is 2.29. The van der Waals surface area contributed by atoms with Crippen molar-refractivity contribution < 1.29 is 19.5 Å². The van der Waals surface area contributed by atoms with Gasteiger partial charge in [-0.15, -0.1) is 0 Å². The lowest BCUT2D eigenvalue weighted by atomic mass is 10.0. The first kappa shape index (κ1) is 11.6. The van der Waals surface area contributed by atoms with Gasteiger partial charge in [-0.2, -0.15) is 0 Å². The number of Topliss-reactive ketones (excluding diaryl/α,β-unsaturated/α-hetero) is 1. The normalized spacial score (nSPS) is 24.8. The van der Waals surface area contributed by atoms with E-state index in [1.807, 2.05) is 0 Å². The highest BCUT2D eigenvalue weighted by Gasteiger charge is 2.38. The van der Waals surface area contributed by atoms with Crippen LogP contribution in [-0.4, -0.2) is 41.9 Å². The summed E-state index contributed by atoms with van der Waals surface area (Å²) in [5, 5.41) is 14.0. The van der Waals surface area contributed by atoms with Crippen molar-refractivity contribution in [2.24, 2.45) is 5.92 Å². The number of rotatable bonds is 4. The van der Waals surface area contributed by atoms with E-state index in [2.05, 4.69) is 10.6 Å². The molecule has 0 radical (unpaired) electrons. The third-order valence-corrected chi connectivity index (χ3v) is 2.29. The first-order chi connectivity index (χ1) is 7.06. The van der Waals surface area contributed by atoms with Gasteiger partial charge in [0.15, 0.2) is 5.78 Å². The molecule has 3 N–H and O–H groups in total. The van der Waals surface area contributed by atoms with Gasteiger partial charge in [0, 0.05) is 13.0 Å². The zero-order valence-electron chi connectivity index (χ0n) is 8.45. The van der Waals surface area contributed by atoms with E-state index >= 15 is 0 Å². The number of carbonyl (C=O) groups excluding carboxylic acids is 3. The second-order valence-electron chi connectivity index (χ2n) is 3.40. The summed E-state index contributed by atoms with van der Waals surface area (Å²) in [6.45, 7) is 1.68. The van der Waals surface area contributed by atoms with Crippen LogP contribution in [0.1, 0.15) is 13.3 Å². The van der Waals surface area contributed by atoms with Crippen LogP contribution in [0.15, 0.2) is 0 Å². The lowest BCUT2D eigenvalue weighted by Gasteiger charge is -2.10. The molecule has 84 valence electrons. The lowest BCUT2D eigenvalue weighted by molar-refractivity contribution is -0.136. The number of ketones is 1. The van der Waals surface area contributed by atoms with Gasteiger partial charge in [-0.3, -0.25) is 14.4 Å². The molecule has 0 saturated carbocycles. The van der Waals surface area contributed by atoms with E-state index in [9.17, 15) is 19.5 Å². The molecule has 0 aromatic carbocycles. The summed E-state index contributed by atoms with van der Waals surface area (Å²) in [5.74, 6) is -2.30. The molecule has 2 atom stereocenters. The molecule has 15 heavy (non-hydrogen) atoms. The average molecular weight is 214 g/mol. The third kappa shape index (κ3) is 2.76. The highest BCUT2D eigenvalue weighted by Crippen LogP contribution is 2.10. The van der Waals surface area contributed by atoms with Gasteiger partial charge in [0.2, 0.25) is 11.8 Å². The number of nitrogens with one attached hydrogen (secondary N) is 2. The van der Waals surface area contributed by atoms with E-state index < -0.39 is 23.8 Å². The highest BCUT2D eigenvalue weighted by molar-refractivity contribution is 6.03. The Kier molecular flexibility index (Phi) is 3.79. The van der Waals surface area contributed by atoms with Crippen LogP contribution in [0.4, 0.5) is 0 Å². The highest BCUT2D eigenvalue weighted by atomic mass is 16.3. The number of aliphatic hydroxyl groups excluding tert-OH is 1. The fourth-order valence-electron chi connectivity index (χ4n) is 1.32. The topological polar surface area (TPSA) is 95.5 Å². The average Bonchev–Trinajstić information content (AvgIpc) is 2.54. The largest absolute Gasteiger partial charge is 0.390 e. The molecule has 0 aromatic rings. The van der Waals surface area contributed by atoms with E-state index in [0.29, 0.717) is 6.42 Å². The van der Waals surface area contributed by atoms with Gasteiger partial charge in [0.1, 0.15) is 5.92 Å². The summed E-state index contributed by atoms with van der Waals surface area (Å²) in [6.07, 6.45) is -0.672. The maximum atomic E-state index is 11.4. The minimum Gasteiger partial charge on any atom is -0.390 e. The predicted octanol–water partition coefficient (Wildman–Crippen LogP) is -1.81. The molecule has 2 unspecified atom stereocenters. The Morgan fingerprint density at radius 1 is 1.60 bits per heavy atom. The van der Waals surface area contributed by atoms with Crippen molar-refractivity contribution in [2.45, 2.75) is 19.4 Å². The molecule has 1 heterocycles. The zero-order valence-corrected chi connectivity index (χ0v) is 8.45. The van der Waals surface area contributed by atoms with Crippen molar-refractivity contribution in [3.63, 3.8) is 0 Å². The molecule has 0 spiro atoms. The fraction of sp³-hybridized carbons (Fsp3) is 0.667. The van der Waals surface area contributed by atoms with Crippen molar-refractivity contribution in [3.8, 4) is 0 Å². The Balaban J connectivity index is 2.46. The van der Waals surface area contributed by atoms with Crippen LogP contribution < -0.4 is 10.6 Å². The summed E-state index contributed by atoms with van der Waals surface area (Å²) < 4.78 is 0. The summed E-state index contributed by atoms with van der Waals surface area (Å²) in [7, 11) is 0. The van der Waals surface area contributed by atoms with Crippen LogP contribution in [0.25, 0.3) is 0 Å². The number of amides is 2. The van der Waals surface area contributed by atoms with E-state index in [1.165, 1.54) is 0 Å². The monoisotopic (exact) mass is 214 g/mol. The lowest BCUT2D eigenvalue weighted by Crippen LogP contribution is -2.41. The molecule has 1 aliphatic heterocycles. The molecule has 0 aromatic heterocycles. The molecule has 6 nitrogen and oxygen atoms in total. The number of β-amino-alcohol motifs (C(OH)–C–C–N with tert-alkyl or cyclic N) is 1. The second kappa shape index (κ2) is 4.88. The van der Waals surface area contributed by atoms with Crippen LogP contribution >= 0.6 is 0 Å². The quantitative estimate of drug-likeness (QED) is 0.480. The molecule has 0 bridgehead atoms. The standard InChI is InChI=1S/C9H14N2O4/c1-2-5(12)3-10-8(14)7-6(13)4-11-9(7)15/h6-7,13H,2-4H2,1H3,(H,10,14)(H,11,15). The molecule has 0 aliphatic carbocycles. The fourth-order valence-corrected chi connectivity index (χ4v) is 1.32. The maximum absolute atomic E-state index is 11.4. The number of carbonyl (C=O) groups is 3. The van der Waals surface area contributed by atoms with Gasteiger partial charge >= 0.3 is 0 Å². The van der Waals surface area contributed by atoms with Crippen LogP contribution in [0.5, 0.6) is 0 Å². The van der Waals surface area contributed by atoms with Gasteiger partial charge < -0.3 is 15.7 Å². The first-order valence-electron chi connectivity index (χ1n) is 4.81. The number of hydrogen-bond acceptors (Lipinski definition) is 4. The van der Waals surface area contributed by atoms with Gasteiger partial charge in [-0.05, 0) is 0 Å². The van der Waals surface area contributed by atoms with Gasteiger partial charge in [-0.25, -0.2) is 0 Å². The number of hydrogen-bond donors (Lipinski definition) is 3. The van der Waals surface area contributed by atoms with Crippen LogP contribution in [0, 0.1) is 5.92 Å². The first-order valence-corrected chi connectivity index (χ1v) is 4.81. The minimum absolute atomic E-state index is 0.0820. The van der Waals surface area contributed by atoms with Crippen molar-refractivity contribution in [1.82, 2.24) is 10.6 Å². The van der Waals surface area contributed by atoms with Crippen LogP contribution in [0.3, 0.4) is 0 Å². The Labute approximate surface area is 87.0 Å². The molecule has 2 amide bonds. The maximum Gasteiger partial charge on any atom is 0.235 e. The molecule has 1 saturated heterocycles. The van der Waals surface area contributed by atoms with Crippen LogP contribution in [-0.2, 0) is 14.4 Å². The van der Waals surface area contributed by atoms with E-state index in [-0.39, 0.29) is 18.9 Å². The molecular formula is C9H14N2O4. The summed E-state index contributed by atoms with van der Waals surface area (Å²) in [5.41, 5.74) is 0. The second-order valence-corrected chi connectivity index (χ2v) is 3.40. The zero-order chi connectivity index (χ0) is 11.4. The summed E-state index contributed by atoms with van der Waals surface area (Å²) in [6, 6.07) is 0. The Morgan fingerprint density at radius 3 is 2.73 bits per heavy atom. The Morgan fingerprint density at radius 2 is 2.27 bits per heavy atom. The van der Waals surface area contributed by atoms with E-state index in [0.717, 1.165) is 0 Å². The molecular weight excluding hydrogens is 200 g/mol. The molecule has 6 heteroatoms. The summed E-state index contributed by atoms with van der Waals surface area (Å²) >= 11 is 0. The van der Waals surface area contributed by atoms with Crippen molar-refractivity contribution >= 4 is 17.6 Å². The smallest absolute Gasteiger partial charge is 0.235 e. The van der Waals surface area contributed by atoms with Gasteiger partial charge in [0.05, 0.1) is 12.6 Å². The van der Waals surface area contributed by atoms with Gasteiger partial charge in [-0.1, -0.05) is 6.92 Å². The Hall–Kier alpha value is -1.43. The van der Waals surface area contributed by atoms with Crippen molar-refractivity contribution in [1.29, 1.82) is 0 Å². The number of aliphatic hydroxyl groups is 1. The van der Waals surface area contributed by atoms with Crippen molar-refractivity contribution in [2.75, 3.05) is 13.1 Å². The molecule has 1 aliphatic rings. The Bertz CT molecular complexity index is 290. The van der Waals surface area contributed by atoms with Crippen LogP contribution in [0.2, 0.25) is 0 Å². The molecule has 1 rings (SSSR count). The SMILES string of the molecule is CCC(=O)CNC(=O)C1C(=O)NCC1O. The molecule has 1 fully saturated rings. The van der Waals surface area contributed by atoms with E-state index in [1.54, 1.807) is 6.92 Å². The summed E-state index contributed by atoms with van der Waals surface area (Å²) in [4.78, 5) is 33.4. The van der Waals surface area contributed by atoms with Gasteiger partial charge in [0.25, 0.3) is 0 Å². The van der Waals surface area contributed by atoms with Crippen molar-refractivity contribution in [3.05, 3.63) is 0 Å². The predicted molar refractivity (Wildman–Crippen MR) is 50.8 cm³/mol. The minimum atomic E-state index is -1.09.